The van der Waals surface area contributed by atoms with Crippen molar-refractivity contribution in [3.8, 4) is 0 Å². The van der Waals surface area contributed by atoms with Gasteiger partial charge in [-0.1, -0.05) is 17.4 Å². The van der Waals surface area contributed by atoms with Crippen LogP contribution >= 0.6 is 11.3 Å². The number of anilines is 2. The van der Waals surface area contributed by atoms with Crippen LogP contribution in [0.3, 0.4) is 0 Å². The molecule has 0 atom stereocenters. The maximum atomic E-state index is 12.8. The van der Waals surface area contributed by atoms with E-state index in [2.05, 4.69) is 25.3 Å². The molecule has 0 radical (unpaired) electrons. The Hall–Kier alpha value is -3.80. The number of thiazole rings is 1. The molecule has 0 spiro atoms. The summed E-state index contributed by atoms with van der Waals surface area (Å²) in [5.41, 5.74) is 1.24. The maximum Gasteiger partial charge on any atom is 0.352 e. The molecule has 1 saturated heterocycles. The van der Waals surface area contributed by atoms with Gasteiger partial charge in [0.1, 0.15) is 17.6 Å². The first-order valence-electron chi connectivity index (χ1n) is 10.6. The van der Waals surface area contributed by atoms with Crippen molar-refractivity contribution in [1.29, 1.82) is 0 Å². The largest absolute Gasteiger partial charge is 0.462 e. The molecule has 11 nitrogen and oxygen atoms in total. The number of nitrogens with one attached hydrogen (secondary N) is 1. The van der Waals surface area contributed by atoms with Gasteiger partial charge < -0.3 is 15.0 Å². The Morgan fingerprint density at radius 2 is 2.06 bits per heavy atom. The summed E-state index contributed by atoms with van der Waals surface area (Å²) in [5.74, 6) is -0.924. The van der Waals surface area contributed by atoms with Gasteiger partial charge >= 0.3 is 11.7 Å². The average Bonchev–Trinajstić information content (AvgIpc) is 3.53. The molecule has 1 N–H and O–H groups in total. The average molecular weight is 468 g/mol. The molecule has 4 aromatic rings. The molecule has 12 heteroatoms. The summed E-state index contributed by atoms with van der Waals surface area (Å²) in [6.07, 6.45) is 3.65. The zero-order valence-electron chi connectivity index (χ0n) is 17.9. The summed E-state index contributed by atoms with van der Waals surface area (Å²) >= 11 is 1.45. The van der Waals surface area contributed by atoms with E-state index in [1.807, 2.05) is 0 Å². The summed E-state index contributed by atoms with van der Waals surface area (Å²) in [4.78, 5) is 48.4. The number of fused-ring (bicyclic) bond motifs is 3. The molecule has 1 aliphatic rings. The van der Waals surface area contributed by atoms with Crippen molar-refractivity contribution >= 4 is 50.0 Å². The number of benzene rings is 1. The van der Waals surface area contributed by atoms with Crippen molar-refractivity contribution in [3.63, 3.8) is 0 Å². The third-order valence-corrected chi connectivity index (χ3v) is 6.40. The van der Waals surface area contributed by atoms with Gasteiger partial charge in [-0.15, -0.1) is 5.10 Å². The number of nitrogens with zero attached hydrogens (tertiary/aromatic N) is 6. The third kappa shape index (κ3) is 4.04. The van der Waals surface area contributed by atoms with E-state index in [1.165, 1.54) is 28.1 Å². The van der Waals surface area contributed by atoms with E-state index in [4.69, 9.17) is 4.74 Å². The quantitative estimate of drug-likeness (QED) is 0.427. The second kappa shape index (κ2) is 8.62. The molecule has 1 aromatic carbocycles. The van der Waals surface area contributed by atoms with Crippen molar-refractivity contribution < 1.29 is 14.3 Å². The predicted molar refractivity (Wildman–Crippen MR) is 123 cm³/mol. The number of ether oxygens (including phenoxy) is 1. The van der Waals surface area contributed by atoms with Crippen molar-refractivity contribution in [2.24, 2.45) is 0 Å². The number of rotatable bonds is 6. The van der Waals surface area contributed by atoms with Crippen molar-refractivity contribution in [1.82, 2.24) is 24.1 Å². The topological polar surface area (TPSA) is 124 Å². The Balaban J connectivity index is 1.38. The van der Waals surface area contributed by atoms with Gasteiger partial charge in [0.15, 0.2) is 16.4 Å². The number of hydrogen-bond acceptors (Lipinski definition) is 9. The SMILES string of the molecule is CCOC(=O)c1cccc(NC(=O)Cn2nc3c4sc(N5CCCC5)nc4ncn3c2=O)c1. The Morgan fingerprint density at radius 1 is 1.24 bits per heavy atom. The molecular weight excluding hydrogens is 446 g/mol. The zero-order valence-corrected chi connectivity index (χ0v) is 18.7. The molecule has 0 aliphatic carbocycles. The van der Waals surface area contributed by atoms with Gasteiger partial charge in [0, 0.05) is 18.8 Å². The molecule has 33 heavy (non-hydrogen) atoms. The summed E-state index contributed by atoms with van der Waals surface area (Å²) in [6, 6.07) is 6.41. The van der Waals surface area contributed by atoms with E-state index in [-0.39, 0.29) is 13.2 Å². The summed E-state index contributed by atoms with van der Waals surface area (Å²) in [7, 11) is 0. The Labute approximate surface area is 191 Å². The molecule has 1 amide bonds. The summed E-state index contributed by atoms with van der Waals surface area (Å²) < 4.78 is 8.10. The highest BCUT2D eigenvalue weighted by molar-refractivity contribution is 7.22. The normalized spacial score (nSPS) is 13.7. The molecule has 4 heterocycles. The van der Waals surface area contributed by atoms with E-state index in [1.54, 1.807) is 25.1 Å². The van der Waals surface area contributed by atoms with Gasteiger partial charge in [-0.05, 0) is 38.0 Å². The van der Waals surface area contributed by atoms with Gasteiger partial charge in [-0.3, -0.25) is 4.79 Å². The molecule has 170 valence electrons. The van der Waals surface area contributed by atoms with E-state index in [0.29, 0.717) is 27.2 Å². The van der Waals surface area contributed by atoms with Crippen LogP contribution < -0.4 is 15.9 Å². The van der Waals surface area contributed by atoms with Crippen LogP contribution in [0.4, 0.5) is 10.8 Å². The van der Waals surface area contributed by atoms with E-state index < -0.39 is 17.6 Å². The molecule has 3 aromatic heterocycles. The van der Waals surface area contributed by atoms with Crippen LogP contribution in [0.25, 0.3) is 16.0 Å². The minimum absolute atomic E-state index is 0.258. The molecule has 1 fully saturated rings. The fourth-order valence-corrected chi connectivity index (χ4v) is 4.79. The number of carbonyl (C=O) groups excluding carboxylic acids is 2. The lowest BCUT2D eigenvalue weighted by Gasteiger charge is -2.11. The molecular formula is C21H21N7O4S. The number of hydrogen-bond donors (Lipinski definition) is 1. The third-order valence-electron chi connectivity index (χ3n) is 5.29. The Bertz CT molecular complexity index is 1420. The lowest BCUT2D eigenvalue weighted by Crippen LogP contribution is -2.28. The van der Waals surface area contributed by atoms with Crippen molar-refractivity contribution in [2.45, 2.75) is 26.3 Å². The Kier molecular flexibility index (Phi) is 5.50. The van der Waals surface area contributed by atoms with Crippen LogP contribution in [0.15, 0.2) is 35.4 Å². The summed E-state index contributed by atoms with van der Waals surface area (Å²) in [6.45, 7) is 3.60. The van der Waals surface area contributed by atoms with Gasteiger partial charge in [-0.2, -0.15) is 4.98 Å². The van der Waals surface area contributed by atoms with Crippen molar-refractivity contribution in [3.05, 3.63) is 46.6 Å². The van der Waals surface area contributed by atoms with Crippen LogP contribution in [0.2, 0.25) is 0 Å². The lowest BCUT2D eigenvalue weighted by atomic mass is 10.2. The fourth-order valence-electron chi connectivity index (χ4n) is 3.75. The first-order valence-corrected chi connectivity index (χ1v) is 11.4. The smallest absolute Gasteiger partial charge is 0.352 e. The maximum absolute atomic E-state index is 12.8. The molecule has 1 aliphatic heterocycles. The van der Waals surface area contributed by atoms with Crippen LogP contribution in [0.1, 0.15) is 30.1 Å². The zero-order chi connectivity index (χ0) is 22.9. The second-order valence-corrected chi connectivity index (χ2v) is 8.55. The van der Waals surface area contributed by atoms with Gasteiger partial charge in [0.25, 0.3) is 0 Å². The van der Waals surface area contributed by atoms with Crippen LogP contribution in [0, 0.1) is 0 Å². The first kappa shape index (κ1) is 21.1. The predicted octanol–water partition coefficient (Wildman–Crippen LogP) is 1.92. The van der Waals surface area contributed by atoms with Crippen LogP contribution in [-0.2, 0) is 16.1 Å². The van der Waals surface area contributed by atoms with Gasteiger partial charge in [-0.25, -0.2) is 23.7 Å². The van der Waals surface area contributed by atoms with Gasteiger partial charge in [0.05, 0.1) is 12.2 Å². The highest BCUT2D eigenvalue weighted by Crippen LogP contribution is 2.31. The molecule has 0 unspecified atom stereocenters. The van der Waals surface area contributed by atoms with Crippen LogP contribution in [-0.4, -0.2) is 55.7 Å². The highest BCUT2D eigenvalue weighted by Gasteiger charge is 2.20. The first-order chi connectivity index (χ1) is 16.0. The highest BCUT2D eigenvalue weighted by atomic mass is 32.1. The number of esters is 1. The molecule has 0 bridgehead atoms. The molecule has 5 rings (SSSR count). The standard InChI is InChI=1S/C21H21N7O4S/c1-2-32-19(30)13-6-5-7-14(10-13)23-15(29)11-28-21(31)27-12-22-17-16(18(27)25-28)33-20(24-17)26-8-3-4-9-26/h5-7,10,12H,2-4,8-9,11H2,1H3,(H,23,29). The molecule has 0 saturated carbocycles. The van der Waals surface area contributed by atoms with Crippen molar-refractivity contribution in [2.75, 3.05) is 29.9 Å². The number of carbonyl (C=O) groups is 2. The summed E-state index contributed by atoms with van der Waals surface area (Å²) in [5, 5.41) is 7.93. The second-order valence-electron chi connectivity index (χ2n) is 7.57. The van der Waals surface area contributed by atoms with E-state index in [9.17, 15) is 14.4 Å². The van der Waals surface area contributed by atoms with E-state index in [0.717, 1.165) is 35.7 Å². The monoisotopic (exact) mass is 467 g/mol. The Morgan fingerprint density at radius 3 is 2.85 bits per heavy atom. The minimum atomic E-state index is -0.473. The van der Waals surface area contributed by atoms with Gasteiger partial charge in [0.2, 0.25) is 5.91 Å². The van der Waals surface area contributed by atoms with E-state index >= 15 is 0 Å². The number of amides is 1. The minimum Gasteiger partial charge on any atom is -0.462 e. The van der Waals surface area contributed by atoms with Crippen LogP contribution in [0.5, 0.6) is 0 Å². The number of aromatic nitrogens is 5. The fraction of sp³-hybridized carbons (Fsp3) is 0.333. The lowest BCUT2D eigenvalue weighted by molar-refractivity contribution is -0.117.